The predicted octanol–water partition coefficient (Wildman–Crippen LogP) is 0.830. The topological polar surface area (TPSA) is 86.7 Å². The second-order valence-corrected chi connectivity index (χ2v) is 3.67. The molecule has 1 aromatic rings. The summed E-state index contributed by atoms with van der Waals surface area (Å²) >= 11 is 0. The van der Waals surface area contributed by atoms with E-state index in [1.165, 1.54) is 18.2 Å². The number of carbonyl (C=O) groups is 3. The van der Waals surface area contributed by atoms with Gasteiger partial charge in [0.05, 0.1) is 11.3 Å². The van der Waals surface area contributed by atoms with Crippen LogP contribution in [0.1, 0.15) is 17.3 Å². The van der Waals surface area contributed by atoms with Gasteiger partial charge in [-0.15, -0.1) is 0 Å². The number of rotatable bonds is 2. The van der Waals surface area contributed by atoms with Gasteiger partial charge in [0, 0.05) is 0 Å². The monoisotopic (exact) mass is 234 g/mol. The molecule has 0 aromatic heterocycles. The van der Waals surface area contributed by atoms with Crippen LogP contribution in [0.4, 0.5) is 10.5 Å². The predicted molar refractivity (Wildman–Crippen MR) is 58.9 cm³/mol. The quantitative estimate of drug-likeness (QED) is 0.742. The summed E-state index contributed by atoms with van der Waals surface area (Å²) in [4.78, 5) is 35.2. The Morgan fingerprint density at radius 2 is 2.00 bits per heavy atom. The van der Waals surface area contributed by atoms with Crippen molar-refractivity contribution >= 4 is 23.6 Å². The number of amides is 3. The maximum absolute atomic E-state index is 11.7. The summed E-state index contributed by atoms with van der Waals surface area (Å²) in [7, 11) is 0. The molecule has 0 radical (unpaired) electrons. The number of carboxylic acids is 1. The Balaban J connectivity index is 2.51. The van der Waals surface area contributed by atoms with Crippen molar-refractivity contribution in [1.82, 2.24) is 5.32 Å². The smallest absolute Gasteiger partial charge is 0.337 e. The number of nitrogens with one attached hydrogen (secondary N) is 1. The Morgan fingerprint density at radius 3 is 2.53 bits per heavy atom. The number of benzene rings is 1. The minimum absolute atomic E-state index is 0.0786. The van der Waals surface area contributed by atoms with Gasteiger partial charge in [0.1, 0.15) is 6.04 Å². The van der Waals surface area contributed by atoms with E-state index >= 15 is 0 Å². The Hall–Kier alpha value is -2.37. The molecular formula is C11H10N2O4. The van der Waals surface area contributed by atoms with Crippen LogP contribution >= 0.6 is 0 Å². The van der Waals surface area contributed by atoms with Gasteiger partial charge in [-0.3, -0.25) is 4.79 Å². The lowest BCUT2D eigenvalue weighted by Gasteiger charge is -2.14. The number of urea groups is 1. The number of carboxylic acid groups (broad SMARTS) is 1. The van der Waals surface area contributed by atoms with E-state index in [1.807, 2.05) is 0 Å². The molecule has 1 aromatic carbocycles. The molecule has 0 saturated carbocycles. The molecule has 2 N–H and O–H groups in total. The van der Waals surface area contributed by atoms with Crippen molar-refractivity contribution in [3.8, 4) is 0 Å². The summed E-state index contributed by atoms with van der Waals surface area (Å²) < 4.78 is 0. The number of anilines is 1. The third-order valence-electron chi connectivity index (χ3n) is 2.51. The van der Waals surface area contributed by atoms with E-state index < -0.39 is 23.9 Å². The summed E-state index contributed by atoms with van der Waals surface area (Å²) in [6.07, 6.45) is 0. The van der Waals surface area contributed by atoms with Crippen LogP contribution in [-0.2, 0) is 4.79 Å². The zero-order chi connectivity index (χ0) is 12.6. The molecular weight excluding hydrogens is 224 g/mol. The number of imide groups is 1. The molecule has 88 valence electrons. The van der Waals surface area contributed by atoms with E-state index in [0.29, 0.717) is 0 Å². The first-order valence-electron chi connectivity index (χ1n) is 4.99. The van der Waals surface area contributed by atoms with Gasteiger partial charge in [0.15, 0.2) is 0 Å². The molecule has 17 heavy (non-hydrogen) atoms. The van der Waals surface area contributed by atoms with Gasteiger partial charge in [0.25, 0.3) is 5.91 Å². The third-order valence-corrected chi connectivity index (χ3v) is 2.51. The van der Waals surface area contributed by atoms with E-state index in [1.54, 1.807) is 13.0 Å². The van der Waals surface area contributed by atoms with Crippen molar-refractivity contribution in [1.29, 1.82) is 0 Å². The van der Waals surface area contributed by atoms with Crippen molar-refractivity contribution in [2.24, 2.45) is 0 Å². The van der Waals surface area contributed by atoms with Gasteiger partial charge >= 0.3 is 12.0 Å². The van der Waals surface area contributed by atoms with Crippen LogP contribution in [0.15, 0.2) is 24.3 Å². The molecule has 6 heteroatoms. The zero-order valence-corrected chi connectivity index (χ0v) is 9.01. The van der Waals surface area contributed by atoms with E-state index in [9.17, 15) is 14.4 Å². The van der Waals surface area contributed by atoms with Crippen LogP contribution in [-0.4, -0.2) is 29.1 Å². The summed E-state index contributed by atoms with van der Waals surface area (Å²) in [5, 5.41) is 11.4. The molecule has 3 amide bonds. The van der Waals surface area contributed by atoms with Crippen LogP contribution in [0, 0.1) is 0 Å². The standard InChI is InChI=1S/C11H10N2O4/c1-6-9(14)13(11(17)12-6)8-5-3-2-4-7(8)10(15)16/h2-6H,1H3,(H,12,17)(H,15,16)/t6-/m0/s1. The molecule has 0 bridgehead atoms. The lowest BCUT2D eigenvalue weighted by atomic mass is 10.1. The number of hydrogen-bond acceptors (Lipinski definition) is 3. The minimum Gasteiger partial charge on any atom is -0.478 e. The molecule has 0 spiro atoms. The highest BCUT2D eigenvalue weighted by Crippen LogP contribution is 2.23. The van der Waals surface area contributed by atoms with Crippen molar-refractivity contribution in [3.05, 3.63) is 29.8 Å². The maximum Gasteiger partial charge on any atom is 0.337 e. The van der Waals surface area contributed by atoms with E-state index in [2.05, 4.69) is 5.32 Å². The van der Waals surface area contributed by atoms with Crippen LogP contribution in [0.25, 0.3) is 0 Å². The molecule has 1 aliphatic heterocycles. The lowest BCUT2D eigenvalue weighted by Crippen LogP contribution is -2.32. The first kappa shape index (κ1) is 11.1. The van der Waals surface area contributed by atoms with Crippen LogP contribution in [0.3, 0.4) is 0 Å². The molecule has 1 saturated heterocycles. The fraction of sp³-hybridized carbons (Fsp3) is 0.182. The van der Waals surface area contributed by atoms with E-state index in [4.69, 9.17) is 5.11 Å². The molecule has 0 aliphatic carbocycles. The maximum atomic E-state index is 11.7. The summed E-state index contributed by atoms with van der Waals surface area (Å²) in [6, 6.07) is 4.65. The fourth-order valence-corrected chi connectivity index (χ4v) is 1.68. The van der Waals surface area contributed by atoms with Crippen LogP contribution in [0.2, 0.25) is 0 Å². The highest BCUT2D eigenvalue weighted by Gasteiger charge is 2.37. The average Bonchev–Trinajstić information content (AvgIpc) is 2.53. The highest BCUT2D eigenvalue weighted by molar-refractivity contribution is 6.23. The first-order chi connectivity index (χ1) is 8.02. The van der Waals surface area contributed by atoms with E-state index in [-0.39, 0.29) is 11.3 Å². The number of para-hydroxylation sites is 1. The summed E-state index contributed by atoms with van der Waals surface area (Å²) in [5.41, 5.74) is 0.0111. The number of carbonyl (C=O) groups excluding carboxylic acids is 2. The number of aromatic carboxylic acids is 1. The van der Waals surface area contributed by atoms with Gasteiger partial charge in [-0.05, 0) is 19.1 Å². The van der Waals surface area contributed by atoms with Gasteiger partial charge in [-0.2, -0.15) is 0 Å². The number of nitrogens with zero attached hydrogens (tertiary/aromatic N) is 1. The third kappa shape index (κ3) is 1.73. The SMILES string of the molecule is C[C@@H]1NC(=O)N(c2ccccc2C(=O)O)C1=O. The summed E-state index contributed by atoms with van der Waals surface area (Å²) in [5.74, 6) is -1.63. The van der Waals surface area contributed by atoms with Crippen molar-refractivity contribution in [2.45, 2.75) is 13.0 Å². The Bertz CT molecular complexity index is 512. The zero-order valence-electron chi connectivity index (χ0n) is 9.01. The van der Waals surface area contributed by atoms with Gasteiger partial charge < -0.3 is 10.4 Å². The largest absolute Gasteiger partial charge is 0.478 e. The van der Waals surface area contributed by atoms with Gasteiger partial charge in [0.2, 0.25) is 0 Å². The molecule has 1 aliphatic rings. The van der Waals surface area contributed by atoms with Gasteiger partial charge in [-0.25, -0.2) is 14.5 Å². The Morgan fingerprint density at radius 1 is 1.35 bits per heavy atom. The second kappa shape index (κ2) is 3.89. The van der Waals surface area contributed by atoms with Crippen molar-refractivity contribution in [2.75, 3.05) is 4.90 Å². The normalized spacial score (nSPS) is 19.4. The highest BCUT2D eigenvalue weighted by atomic mass is 16.4. The molecule has 0 unspecified atom stereocenters. The lowest BCUT2D eigenvalue weighted by molar-refractivity contribution is -0.117. The number of hydrogen-bond donors (Lipinski definition) is 2. The second-order valence-electron chi connectivity index (χ2n) is 3.67. The van der Waals surface area contributed by atoms with Gasteiger partial charge in [-0.1, -0.05) is 12.1 Å². The van der Waals surface area contributed by atoms with Crippen molar-refractivity contribution < 1.29 is 19.5 Å². The molecule has 6 nitrogen and oxygen atoms in total. The first-order valence-corrected chi connectivity index (χ1v) is 4.99. The van der Waals surface area contributed by atoms with Crippen LogP contribution < -0.4 is 10.2 Å². The molecule has 2 rings (SSSR count). The molecule has 1 fully saturated rings. The van der Waals surface area contributed by atoms with Crippen LogP contribution in [0.5, 0.6) is 0 Å². The average molecular weight is 234 g/mol. The summed E-state index contributed by atoms with van der Waals surface area (Å²) in [6.45, 7) is 1.55. The Kier molecular flexibility index (Phi) is 2.55. The molecule has 1 atom stereocenters. The fourth-order valence-electron chi connectivity index (χ4n) is 1.68. The van der Waals surface area contributed by atoms with Crippen molar-refractivity contribution in [3.63, 3.8) is 0 Å². The van der Waals surface area contributed by atoms with E-state index in [0.717, 1.165) is 4.90 Å². The Labute approximate surface area is 96.8 Å². The minimum atomic E-state index is -1.18. The molecule has 1 heterocycles.